The molecule has 2 heterocycles. The third kappa shape index (κ3) is 3.46. The molecular weight excluding hydrogens is 381 g/mol. The number of carbonyl (C=O) groups excluding carboxylic acids is 2. The Balaban J connectivity index is 1.55. The van der Waals surface area contributed by atoms with Gasteiger partial charge in [-0.15, -0.1) is 0 Å². The first-order valence-electron chi connectivity index (χ1n) is 8.64. The van der Waals surface area contributed by atoms with Crippen molar-refractivity contribution in [2.75, 3.05) is 16.8 Å². The van der Waals surface area contributed by atoms with Crippen LogP contribution < -0.4 is 10.2 Å². The largest absolute Gasteiger partial charge is 0.322 e. The Labute approximate surface area is 165 Å². The molecule has 0 atom stereocenters. The summed E-state index contributed by atoms with van der Waals surface area (Å²) in [5.41, 5.74) is 2.89. The van der Waals surface area contributed by atoms with Crippen LogP contribution in [0.4, 0.5) is 15.8 Å². The smallest absolute Gasteiger partial charge is 0.259 e. The van der Waals surface area contributed by atoms with E-state index in [1.165, 1.54) is 36.7 Å². The summed E-state index contributed by atoms with van der Waals surface area (Å²) in [5, 5.41) is 2.53. The Hall–Kier alpha value is -3.25. The molecule has 4 rings (SSSR count). The van der Waals surface area contributed by atoms with Gasteiger partial charge >= 0.3 is 0 Å². The molecule has 2 amide bonds. The monoisotopic (exact) mass is 395 g/mol. The van der Waals surface area contributed by atoms with E-state index >= 15 is 0 Å². The lowest BCUT2D eigenvalue weighted by Crippen LogP contribution is -2.29. The maximum absolute atomic E-state index is 13.3. The third-order valence-corrected chi connectivity index (χ3v) is 4.85. The van der Waals surface area contributed by atoms with E-state index in [9.17, 15) is 14.0 Å². The van der Waals surface area contributed by atoms with Gasteiger partial charge < -0.3 is 10.2 Å². The number of benzene rings is 2. The van der Waals surface area contributed by atoms with E-state index in [0.29, 0.717) is 17.8 Å². The first-order valence-corrected chi connectivity index (χ1v) is 9.02. The SMILES string of the molecule is O=C(Nc1ccc(F)c(Cl)c1)c1cncc(C(=O)N2CCc3ccccc32)c1. The molecule has 140 valence electrons. The van der Waals surface area contributed by atoms with Crippen molar-refractivity contribution >= 4 is 34.8 Å². The summed E-state index contributed by atoms with van der Waals surface area (Å²) in [7, 11) is 0. The Kier molecular flexibility index (Phi) is 4.79. The molecule has 0 spiro atoms. The third-order valence-electron chi connectivity index (χ3n) is 4.56. The van der Waals surface area contributed by atoms with Crippen molar-refractivity contribution in [1.82, 2.24) is 4.98 Å². The molecule has 5 nitrogen and oxygen atoms in total. The van der Waals surface area contributed by atoms with E-state index in [2.05, 4.69) is 10.3 Å². The maximum Gasteiger partial charge on any atom is 0.259 e. The number of para-hydroxylation sites is 1. The van der Waals surface area contributed by atoms with Crippen LogP contribution >= 0.6 is 11.6 Å². The van der Waals surface area contributed by atoms with E-state index in [0.717, 1.165) is 17.7 Å². The maximum atomic E-state index is 13.3. The minimum atomic E-state index is -0.570. The predicted octanol–water partition coefficient (Wildman–Crippen LogP) is 4.33. The molecule has 1 N–H and O–H groups in total. The highest BCUT2D eigenvalue weighted by Gasteiger charge is 2.25. The number of fused-ring (bicyclic) bond motifs is 1. The summed E-state index contributed by atoms with van der Waals surface area (Å²) in [4.78, 5) is 31.1. The van der Waals surface area contributed by atoms with Gasteiger partial charge in [0.1, 0.15) is 5.82 Å². The molecule has 1 aromatic heterocycles. The molecule has 0 bridgehead atoms. The Morgan fingerprint density at radius 1 is 1.07 bits per heavy atom. The van der Waals surface area contributed by atoms with Gasteiger partial charge in [0.05, 0.1) is 16.1 Å². The van der Waals surface area contributed by atoms with Crippen molar-refractivity contribution in [3.05, 3.63) is 88.5 Å². The number of pyridine rings is 1. The molecule has 2 aromatic carbocycles. The number of hydrogen-bond acceptors (Lipinski definition) is 3. The number of amides is 2. The van der Waals surface area contributed by atoms with Gasteiger partial charge in [-0.2, -0.15) is 0 Å². The number of carbonyl (C=O) groups is 2. The topological polar surface area (TPSA) is 62.3 Å². The van der Waals surface area contributed by atoms with Crippen molar-refractivity contribution in [3.8, 4) is 0 Å². The zero-order valence-corrected chi connectivity index (χ0v) is 15.4. The van der Waals surface area contributed by atoms with Gasteiger partial charge in [-0.05, 0) is 42.3 Å². The number of halogens is 2. The lowest BCUT2D eigenvalue weighted by Gasteiger charge is -2.17. The lowest BCUT2D eigenvalue weighted by molar-refractivity contribution is 0.0989. The highest BCUT2D eigenvalue weighted by molar-refractivity contribution is 6.31. The first-order chi connectivity index (χ1) is 13.5. The van der Waals surface area contributed by atoms with Crippen molar-refractivity contribution in [3.63, 3.8) is 0 Å². The van der Waals surface area contributed by atoms with Crippen LogP contribution in [0.15, 0.2) is 60.9 Å². The van der Waals surface area contributed by atoms with Gasteiger partial charge in [-0.3, -0.25) is 14.6 Å². The second kappa shape index (κ2) is 7.40. The van der Waals surface area contributed by atoms with E-state index in [1.807, 2.05) is 24.3 Å². The molecule has 0 aliphatic carbocycles. The Bertz CT molecular complexity index is 1090. The van der Waals surface area contributed by atoms with Gasteiger partial charge in [0.15, 0.2) is 0 Å². The van der Waals surface area contributed by atoms with Crippen molar-refractivity contribution in [2.45, 2.75) is 6.42 Å². The Morgan fingerprint density at radius 3 is 2.68 bits per heavy atom. The molecule has 28 heavy (non-hydrogen) atoms. The van der Waals surface area contributed by atoms with E-state index in [4.69, 9.17) is 11.6 Å². The summed E-state index contributed by atoms with van der Waals surface area (Å²) in [5.74, 6) is -1.25. The standard InChI is InChI=1S/C21H15ClFN3O2/c22-17-10-16(5-6-18(17)23)25-20(27)14-9-15(12-24-11-14)21(28)26-8-7-13-3-1-2-4-19(13)26/h1-6,9-12H,7-8H2,(H,25,27). The fourth-order valence-electron chi connectivity index (χ4n) is 3.16. The van der Waals surface area contributed by atoms with Crippen LogP contribution in [-0.4, -0.2) is 23.3 Å². The average Bonchev–Trinajstić information content (AvgIpc) is 3.14. The van der Waals surface area contributed by atoms with Crippen LogP contribution in [0.3, 0.4) is 0 Å². The van der Waals surface area contributed by atoms with Gasteiger partial charge in [-0.25, -0.2) is 4.39 Å². The number of nitrogens with zero attached hydrogens (tertiary/aromatic N) is 2. The van der Waals surface area contributed by atoms with E-state index in [1.54, 1.807) is 4.90 Å². The molecule has 0 fully saturated rings. The molecular formula is C21H15ClFN3O2. The lowest BCUT2D eigenvalue weighted by atomic mass is 10.1. The number of nitrogens with one attached hydrogen (secondary N) is 1. The number of hydrogen-bond donors (Lipinski definition) is 1. The number of aromatic nitrogens is 1. The van der Waals surface area contributed by atoms with E-state index in [-0.39, 0.29) is 16.5 Å². The molecule has 1 aliphatic rings. The summed E-state index contributed by atoms with van der Waals surface area (Å²) in [6, 6.07) is 13.1. The van der Waals surface area contributed by atoms with Gasteiger partial charge in [0.25, 0.3) is 11.8 Å². The number of rotatable bonds is 3. The highest BCUT2D eigenvalue weighted by Crippen LogP contribution is 2.29. The molecule has 0 saturated carbocycles. The van der Waals surface area contributed by atoms with Crippen LogP contribution in [0.25, 0.3) is 0 Å². The summed E-state index contributed by atoms with van der Waals surface area (Å²) in [6.07, 6.45) is 3.60. The fraction of sp³-hybridized carbons (Fsp3) is 0.0952. The molecule has 1 aliphatic heterocycles. The molecule has 7 heteroatoms. The molecule has 0 saturated heterocycles. The zero-order valence-electron chi connectivity index (χ0n) is 14.7. The predicted molar refractivity (Wildman–Crippen MR) is 105 cm³/mol. The molecule has 0 unspecified atom stereocenters. The summed E-state index contributed by atoms with van der Waals surface area (Å²) in [6.45, 7) is 0.586. The summed E-state index contributed by atoms with van der Waals surface area (Å²) >= 11 is 5.74. The van der Waals surface area contributed by atoms with Crippen LogP contribution in [0.5, 0.6) is 0 Å². The van der Waals surface area contributed by atoms with Gasteiger partial charge in [-0.1, -0.05) is 29.8 Å². The highest BCUT2D eigenvalue weighted by atomic mass is 35.5. The van der Waals surface area contributed by atoms with Crippen molar-refractivity contribution in [2.24, 2.45) is 0 Å². The molecule has 0 radical (unpaired) electrons. The molecule has 3 aromatic rings. The van der Waals surface area contributed by atoms with Gasteiger partial charge in [0, 0.05) is 30.3 Å². The Morgan fingerprint density at radius 2 is 1.86 bits per heavy atom. The second-order valence-electron chi connectivity index (χ2n) is 6.38. The zero-order chi connectivity index (χ0) is 19.7. The first kappa shape index (κ1) is 18.1. The van der Waals surface area contributed by atoms with Gasteiger partial charge in [0.2, 0.25) is 0 Å². The van der Waals surface area contributed by atoms with Crippen molar-refractivity contribution in [1.29, 1.82) is 0 Å². The van der Waals surface area contributed by atoms with Crippen LogP contribution in [0.2, 0.25) is 5.02 Å². The van der Waals surface area contributed by atoms with Crippen LogP contribution in [-0.2, 0) is 6.42 Å². The van der Waals surface area contributed by atoms with E-state index < -0.39 is 11.7 Å². The average molecular weight is 396 g/mol. The quantitative estimate of drug-likeness (QED) is 0.718. The second-order valence-corrected chi connectivity index (χ2v) is 6.79. The fourth-order valence-corrected chi connectivity index (χ4v) is 3.34. The minimum absolute atomic E-state index is 0.0902. The normalized spacial score (nSPS) is 12.6. The van der Waals surface area contributed by atoms with Crippen LogP contribution in [0.1, 0.15) is 26.3 Å². The minimum Gasteiger partial charge on any atom is -0.322 e. The van der Waals surface area contributed by atoms with Crippen molar-refractivity contribution < 1.29 is 14.0 Å². The number of anilines is 2. The summed E-state index contributed by atoms with van der Waals surface area (Å²) < 4.78 is 13.3. The van der Waals surface area contributed by atoms with Crippen LogP contribution in [0, 0.1) is 5.82 Å².